The molecule has 0 N–H and O–H groups in total. The zero-order valence-corrected chi connectivity index (χ0v) is 17.9. The summed E-state index contributed by atoms with van der Waals surface area (Å²) < 4.78 is 40.0. The third-order valence-corrected chi connectivity index (χ3v) is 5.52. The van der Waals surface area contributed by atoms with Crippen molar-refractivity contribution in [2.24, 2.45) is 5.92 Å². The van der Waals surface area contributed by atoms with Crippen LogP contribution in [0.1, 0.15) is 24.1 Å². The molecule has 1 aliphatic heterocycles. The number of hydrogen-bond acceptors (Lipinski definition) is 7. The summed E-state index contributed by atoms with van der Waals surface area (Å²) in [6, 6.07) is 11.7. The summed E-state index contributed by atoms with van der Waals surface area (Å²) in [5.41, 5.74) is 0.998. The summed E-state index contributed by atoms with van der Waals surface area (Å²) in [5, 5.41) is 9.44. The Kier molecular flexibility index (Phi) is 6.58. The Morgan fingerprint density at radius 1 is 1.30 bits per heavy atom. The van der Waals surface area contributed by atoms with Gasteiger partial charge in [0.1, 0.15) is 11.8 Å². The fraction of sp³-hybridized carbons (Fsp3) is 0.348. The first-order valence-electron chi connectivity index (χ1n) is 10.4. The van der Waals surface area contributed by atoms with Gasteiger partial charge in [-0.15, -0.1) is 0 Å². The molecule has 0 unspecified atom stereocenters. The largest absolute Gasteiger partial charge is 0.459 e. The van der Waals surface area contributed by atoms with Crippen LogP contribution in [0.4, 0.5) is 14.7 Å². The number of anilines is 1. The summed E-state index contributed by atoms with van der Waals surface area (Å²) in [6.07, 6.45) is 2.71. The number of carbonyl (C=O) groups is 1. The number of amides is 1. The van der Waals surface area contributed by atoms with Crippen molar-refractivity contribution in [3.8, 4) is 23.5 Å². The number of hydrogen-bond donors (Lipinski definition) is 0. The van der Waals surface area contributed by atoms with E-state index < -0.39 is 6.61 Å². The summed E-state index contributed by atoms with van der Waals surface area (Å²) in [6.45, 7) is -1.42. The summed E-state index contributed by atoms with van der Waals surface area (Å²) in [5.74, 6) is 0.999. The molecule has 1 aliphatic rings. The van der Waals surface area contributed by atoms with Crippen molar-refractivity contribution in [3.05, 3.63) is 53.9 Å². The van der Waals surface area contributed by atoms with Gasteiger partial charge < -0.3 is 23.4 Å². The Bertz CT molecular complexity index is 1110. The van der Waals surface area contributed by atoms with E-state index in [0.29, 0.717) is 44.1 Å². The fourth-order valence-corrected chi connectivity index (χ4v) is 3.87. The van der Waals surface area contributed by atoms with Crippen LogP contribution in [-0.4, -0.2) is 42.5 Å². The van der Waals surface area contributed by atoms with Crippen molar-refractivity contribution >= 4 is 11.8 Å². The second kappa shape index (κ2) is 9.73. The molecule has 3 aromatic rings. The lowest BCUT2D eigenvalue weighted by Crippen LogP contribution is -2.41. The SMILES string of the molecule is CN(Cc1ccc(OC(F)F)cc1)C(=O)C1CCN(c2oc(-c3ccco3)nc2C#N)CC1. The smallest absolute Gasteiger partial charge is 0.387 e. The van der Waals surface area contributed by atoms with Gasteiger partial charge in [0.05, 0.1) is 6.26 Å². The van der Waals surface area contributed by atoms with E-state index >= 15 is 0 Å². The molecule has 0 aliphatic carbocycles. The van der Waals surface area contributed by atoms with Crippen LogP contribution in [0.25, 0.3) is 11.7 Å². The van der Waals surface area contributed by atoms with Gasteiger partial charge in [-0.1, -0.05) is 12.1 Å². The molecule has 172 valence electrons. The van der Waals surface area contributed by atoms with Crippen LogP contribution in [0.2, 0.25) is 0 Å². The highest BCUT2D eigenvalue weighted by Gasteiger charge is 2.30. The number of furan rings is 1. The van der Waals surface area contributed by atoms with Crippen LogP contribution in [0.5, 0.6) is 5.75 Å². The standard InChI is InChI=1S/C23H22F2N4O4/c1-28(14-15-4-6-17(7-5-15)32-23(24)25)21(30)16-8-10-29(11-9-16)22-18(13-26)27-20(33-22)19-3-2-12-31-19/h2-7,12,16,23H,8-11,14H2,1H3. The predicted octanol–water partition coefficient (Wildman–Crippen LogP) is 4.28. The second-order valence-corrected chi connectivity index (χ2v) is 7.74. The number of nitrogens with zero attached hydrogens (tertiary/aromatic N) is 4. The van der Waals surface area contributed by atoms with Gasteiger partial charge in [0, 0.05) is 32.6 Å². The number of halogens is 2. The maximum absolute atomic E-state index is 12.9. The molecule has 1 fully saturated rings. The van der Waals surface area contributed by atoms with Gasteiger partial charge in [0.2, 0.25) is 17.5 Å². The number of rotatable bonds is 7. The Labute approximate surface area is 189 Å². The van der Waals surface area contributed by atoms with Crippen LogP contribution < -0.4 is 9.64 Å². The Morgan fingerprint density at radius 3 is 2.64 bits per heavy atom. The minimum absolute atomic E-state index is 0.0110. The van der Waals surface area contributed by atoms with Crippen LogP contribution in [0, 0.1) is 17.2 Å². The van der Waals surface area contributed by atoms with E-state index in [9.17, 15) is 18.8 Å². The van der Waals surface area contributed by atoms with Crippen LogP contribution in [-0.2, 0) is 11.3 Å². The number of oxazole rings is 1. The van der Waals surface area contributed by atoms with Crippen LogP contribution >= 0.6 is 0 Å². The van der Waals surface area contributed by atoms with Crippen molar-refractivity contribution in [1.29, 1.82) is 5.26 Å². The van der Waals surface area contributed by atoms with E-state index in [0.717, 1.165) is 5.56 Å². The van der Waals surface area contributed by atoms with Crippen molar-refractivity contribution in [1.82, 2.24) is 9.88 Å². The van der Waals surface area contributed by atoms with E-state index in [-0.39, 0.29) is 29.2 Å². The average molecular weight is 456 g/mol. The second-order valence-electron chi connectivity index (χ2n) is 7.74. The molecule has 8 nitrogen and oxygen atoms in total. The lowest BCUT2D eigenvalue weighted by Gasteiger charge is -2.33. The van der Waals surface area contributed by atoms with Crippen molar-refractivity contribution in [2.45, 2.75) is 26.0 Å². The highest BCUT2D eigenvalue weighted by Crippen LogP contribution is 2.31. The molecule has 1 saturated heterocycles. The molecule has 1 aromatic carbocycles. The van der Waals surface area contributed by atoms with Crippen LogP contribution in [0.3, 0.4) is 0 Å². The van der Waals surface area contributed by atoms with Gasteiger partial charge in [0.15, 0.2) is 5.76 Å². The number of aromatic nitrogens is 1. The van der Waals surface area contributed by atoms with Crippen LogP contribution in [0.15, 0.2) is 51.5 Å². The first kappa shape index (κ1) is 22.3. The zero-order valence-electron chi connectivity index (χ0n) is 17.9. The molecule has 33 heavy (non-hydrogen) atoms. The van der Waals surface area contributed by atoms with E-state index in [4.69, 9.17) is 8.83 Å². The van der Waals surface area contributed by atoms with Crippen molar-refractivity contribution in [3.63, 3.8) is 0 Å². The number of alkyl halides is 2. The Balaban J connectivity index is 1.34. The van der Waals surface area contributed by atoms with Gasteiger partial charge in [0.25, 0.3) is 5.89 Å². The van der Waals surface area contributed by atoms with Gasteiger partial charge >= 0.3 is 6.61 Å². The number of benzene rings is 1. The normalized spacial score (nSPS) is 14.3. The molecule has 0 bridgehead atoms. The third-order valence-electron chi connectivity index (χ3n) is 5.52. The van der Waals surface area contributed by atoms with E-state index in [1.165, 1.54) is 18.4 Å². The molecule has 0 atom stereocenters. The molecule has 0 spiro atoms. The zero-order chi connectivity index (χ0) is 23.4. The van der Waals surface area contributed by atoms with Gasteiger partial charge in [-0.2, -0.15) is 19.0 Å². The monoisotopic (exact) mass is 456 g/mol. The third kappa shape index (κ3) is 5.14. The average Bonchev–Trinajstić information content (AvgIpc) is 3.49. The van der Waals surface area contributed by atoms with Gasteiger partial charge in [-0.25, -0.2) is 0 Å². The fourth-order valence-electron chi connectivity index (χ4n) is 3.87. The molecule has 2 aromatic heterocycles. The first-order valence-corrected chi connectivity index (χ1v) is 10.4. The lowest BCUT2D eigenvalue weighted by atomic mass is 9.95. The van der Waals surface area contributed by atoms with Crippen molar-refractivity contribution < 1.29 is 27.1 Å². The highest BCUT2D eigenvalue weighted by atomic mass is 19.3. The van der Waals surface area contributed by atoms with E-state index in [1.807, 2.05) is 4.90 Å². The summed E-state index contributed by atoms with van der Waals surface area (Å²) in [7, 11) is 1.72. The predicted molar refractivity (Wildman–Crippen MR) is 113 cm³/mol. The minimum Gasteiger partial charge on any atom is -0.459 e. The van der Waals surface area contributed by atoms with E-state index in [1.54, 1.807) is 36.2 Å². The summed E-state index contributed by atoms with van der Waals surface area (Å²) >= 11 is 0. The highest BCUT2D eigenvalue weighted by molar-refractivity contribution is 5.79. The van der Waals surface area contributed by atoms with E-state index in [2.05, 4.69) is 15.8 Å². The Morgan fingerprint density at radius 2 is 2.03 bits per heavy atom. The number of piperidine rings is 1. The maximum Gasteiger partial charge on any atom is 0.387 e. The van der Waals surface area contributed by atoms with Gasteiger partial charge in [-0.05, 0) is 42.7 Å². The number of ether oxygens (including phenoxy) is 1. The lowest BCUT2D eigenvalue weighted by molar-refractivity contribution is -0.135. The molecular weight excluding hydrogens is 434 g/mol. The molecule has 0 saturated carbocycles. The molecule has 0 radical (unpaired) electrons. The molecule has 3 heterocycles. The number of carbonyl (C=O) groups excluding carboxylic acids is 1. The number of nitriles is 1. The molecule has 4 rings (SSSR count). The minimum atomic E-state index is -2.87. The topological polar surface area (TPSA) is 95.7 Å². The first-order chi connectivity index (χ1) is 15.9. The Hall–Kier alpha value is -3.87. The van der Waals surface area contributed by atoms with Crippen molar-refractivity contribution in [2.75, 3.05) is 25.0 Å². The molecular formula is C23H22F2N4O4. The quantitative estimate of drug-likeness (QED) is 0.524. The molecule has 1 amide bonds. The maximum atomic E-state index is 12.9. The van der Waals surface area contributed by atoms with Gasteiger partial charge in [-0.3, -0.25) is 4.79 Å². The summed E-state index contributed by atoms with van der Waals surface area (Å²) in [4.78, 5) is 20.7. The molecule has 10 heteroatoms.